The van der Waals surface area contributed by atoms with Gasteiger partial charge in [0.05, 0.1) is 39.4 Å². The summed E-state index contributed by atoms with van der Waals surface area (Å²) in [6, 6.07) is 1.95. The lowest BCUT2D eigenvalue weighted by molar-refractivity contribution is -0.182. The molecule has 4 rings (SSSR count). The maximum Gasteiger partial charge on any atom is 0.416 e. The summed E-state index contributed by atoms with van der Waals surface area (Å²) in [7, 11) is 0. The van der Waals surface area contributed by atoms with Crippen LogP contribution in [0.2, 0.25) is 10.0 Å². The number of nitrogens with zero attached hydrogens (tertiary/aromatic N) is 4. The number of nitrogens with one attached hydrogen (secondary N) is 2. The van der Waals surface area contributed by atoms with Gasteiger partial charge < -0.3 is 9.72 Å². The van der Waals surface area contributed by atoms with Crippen LogP contribution in [0.25, 0.3) is 5.69 Å². The molecule has 1 saturated carbocycles. The molecule has 1 amide bonds. The van der Waals surface area contributed by atoms with Crippen LogP contribution in [0.4, 0.5) is 45.7 Å². The van der Waals surface area contributed by atoms with E-state index in [9.17, 15) is 45.2 Å². The number of amides is 1. The second-order valence-corrected chi connectivity index (χ2v) is 8.76. The smallest absolute Gasteiger partial charge is 0.416 e. The Morgan fingerprint density at radius 2 is 1.82 bits per heavy atom. The maximum absolute atomic E-state index is 14.4. The first-order valence-corrected chi connectivity index (χ1v) is 10.7. The topological polar surface area (TPSA) is 109 Å². The SMILES string of the molecule is N#Cc1nn(-c2c(Cl)cc(C(F)(F)F)cc2Cl)c(NC(=O)OCc2cnc[nH]2)c1C1(C(F)(F)F)CC1(F)F. The summed E-state index contributed by atoms with van der Waals surface area (Å²) in [5.74, 6) is -5.58. The van der Waals surface area contributed by atoms with Crippen LogP contribution in [0.15, 0.2) is 24.7 Å². The Morgan fingerprint density at radius 3 is 2.26 bits per heavy atom. The standard InChI is InChI=1S/C20H10Cl2F8N6O2/c21-10-1-8(19(25,26)27)2-11(22)14(10)36-15(34-16(37)38-5-9-4-32-7-33-9)13(12(3-31)35-36)17(20(28,29)30)6-18(17,23)24/h1-2,4,7H,5-6H2,(H,32,33)(H,34,37). The molecule has 0 radical (unpaired) electrons. The van der Waals surface area contributed by atoms with Gasteiger partial charge >= 0.3 is 18.4 Å². The first-order valence-electron chi connectivity index (χ1n) is 9.99. The number of H-pyrrole nitrogens is 1. The number of nitriles is 1. The molecule has 1 aromatic carbocycles. The number of ether oxygens (including phenoxy) is 1. The minimum atomic E-state index is -5.65. The number of benzene rings is 1. The highest BCUT2D eigenvalue weighted by Crippen LogP contribution is 2.70. The van der Waals surface area contributed by atoms with E-state index in [0.717, 1.165) is 0 Å². The lowest BCUT2D eigenvalue weighted by atomic mass is 9.93. The summed E-state index contributed by atoms with van der Waals surface area (Å²) in [6.07, 6.45) is -11.4. The number of aromatic nitrogens is 4. The highest BCUT2D eigenvalue weighted by Gasteiger charge is 2.86. The maximum atomic E-state index is 14.4. The van der Waals surface area contributed by atoms with Gasteiger partial charge in [0, 0.05) is 6.42 Å². The Labute approximate surface area is 216 Å². The van der Waals surface area contributed by atoms with Gasteiger partial charge in [-0.3, -0.25) is 5.32 Å². The van der Waals surface area contributed by atoms with Gasteiger partial charge in [-0.05, 0) is 12.1 Å². The molecule has 1 atom stereocenters. The van der Waals surface area contributed by atoms with Gasteiger partial charge in [0.15, 0.2) is 11.1 Å². The number of halogens is 10. The fourth-order valence-electron chi connectivity index (χ4n) is 3.76. The summed E-state index contributed by atoms with van der Waals surface area (Å²) < 4.78 is 115. The molecule has 0 saturated heterocycles. The van der Waals surface area contributed by atoms with Gasteiger partial charge in [-0.2, -0.15) is 36.7 Å². The zero-order valence-corrected chi connectivity index (χ0v) is 19.6. The minimum Gasteiger partial charge on any atom is -0.443 e. The van der Waals surface area contributed by atoms with E-state index in [-0.39, 0.29) is 10.4 Å². The van der Waals surface area contributed by atoms with Gasteiger partial charge in [0.2, 0.25) is 0 Å². The number of hydrogen-bond acceptors (Lipinski definition) is 5. The van der Waals surface area contributed by atoms with E-state index >= 15 is 0 Å². The first-order chi connectivity index (χ1) is 17.5. The number of carbonyl (C=O) groups excluding carboxylic acids is 1. The molecule has 3 aromatic rings. The number of hydrogen-bond donors (Lipinski definition) is 2. The zero-order chi connectivity index (χ0) is 28.3. The van der Waals surface area contributed by atoms with E-state index in [2.05, 4.69) is 15.1 Å². The molecular weight excluding hydrogens is 579 g/mol. The van der Waals surface area contributed by atoms with Crippen LogP contribution in [0.1, 0.15) is 28.9 Å². The number of imidazole rings is 1. The molecule has 1 aliphatic rings. The Morgan fingerprint density at radius 1 is 1.21 bits per heavy atom. The molecule has 38 heavy (non-hydrogen) atoms. The number of anilines is 1. The van der Waals surface area contributed by atoms with E-state index < -0.39 is 81.2 Å². The number of rotatable bonds is 5. The largest absolute Gasteiger partial charge is 0.443 e. The van der Waals surface area contributed by atoms with Gasteiger partial charge in [-0.25, -0.2) is 23.2 Å². The van der Waals surface area contributed by atoms with Gasteiger partial charge in [-0.1, -0.05) is 23.2 Å². The molecule has 2 N–H and O–H groups in total. The van der Waals surface area contributed by atoms with E-state index in [0.29, 0.717) is 12.1 Å². The van der Waals surface area contributed by atoms with Crippen LogP contribution in [0.5, 0.6) is 0 Å². The van der Waals surface area contributed by atoms with Crippen LogP contribution in [-0.2, 0) is 22.9 Å². The Bertz CT molecular complexity index is 1420. The van der Waals surface area contributed by atoms with Gasteiger partial charge in [-0.15, -0.1) is 0 Å². The number of alkyl halides is 8. The molecule has 1 aliphatic carbocycles. The molecule has 1 fully saturated rings. The molecular formula is C20H10Cl2F8N6O2. The molecule has 1 unspecified atom stereocenters. The number of carbonyl (C=O) groups is 1. The van der Waals surface area contributed by atoms with Crippen molar-refractivity contribution >= 4 is 35.1 Å². The third kappa shape index (κ3) is 4.49. The van der Waals surface area contributed by atoms with Crippen molar-refractivity contribution in [2.75, 3.05) is 5.32 Å². The third-order valence-electron chi connectivity index (χ3n) is 5.58. The molecule has 8 nitrogen and oxygen atoms in total. The van der Waals surface area contributed by atoms with Crippen molar-refractivity contribution in [2.24, 2.45) is 0 Å². The van der Waals surface area contributed by atoms with E-state index in [4.69, 9.17) is 27.9 Å². The quantitative estimate of drug-likeness (QED) is 0.336. The lowest BCUT2D eigenvalue weighted by Crippen LogP contribution is -2.36. The van der Waals surface area contributed by atoms with Crippen molar-refractivity contribution in [3.8, 4) is 11.8 Å². The summed E-state index contributed by atoms with van der Waals surface area (Å²) in [5.41, 5.74) is -8.45. The van der Waals surface area contributed by atoms with E-state index in [1.807, 2.05) is 5.32 Å². The van der Waals surface area contributed by atoms with Gasteiger partial charge in [0.25, 0.3) is 5.92 Å². The van der Waals surface area contributed by atoms with Crippen molar-refractivity contribution in [1.29, 1.82) is 5.26 Å². The molecule has 2 heterocycles. The number of aromatic amines is 1. The second kappa shape index (κ2) is 9.02. The molecule has 18 heteroatoms. The normalized spacial score (nSPS) is 18.7. The lowest BCUT2D eigenvalue weighted by Gasteiger charge is -2.22. The highest BCUT2D eigenvalue weighted by molar-refractivity contribution is 6.38. The average Bonchev–Trinajstić information content (AvgIpc) is 3.13. The highest BCUT2D eigenvalue weighted by atomic mass is 35.5. The van der Waals surface area contributed by atoms with Crippen LogP contribution in [0, 0.1) is 11.3 Å². The van der Waals surface area contributed by atoms with Crippen LogP contribution < -0.4 is 5.32 Å². The summed E-state index contributed by atoms with van der Waals surface area (Å²) >= 11 is 11.9. The fraction of sp³-hybridized carbons (Fsp3) is 0.300. The molecule has 0 bridgehead atoms. The predicted octanol–water partition coefficient (Wildman–Crippen LogP) is 6.38. The Balaban J connectivity index is 1.92. The zero-order valence-electron chi connectivity index (χ0n) is 18.1. The average molecular weight is 589 g/mol. The van der Waals surface area contributed by atoms with Crippen molar-refractivity contribution in [1.82, 2.24) is 19.7 Å². The Hall–Kier alpha value is -3.58. The second-order valence-electron chi connectivity index (χ2n) is 7.94. The van der Waals surface area contributed by atoms with Gasteiger partial charge in [0.1, 0.15) is 24.2 Å². The molecule has 2 aromatic heterocycles. The summed E-state index contributed by atoms with van der Waals surface area (Å²) in [6.45, 7) is -0.497. The van der Waals surface area contributed by atoms with Crippen molar-refractivity contribution < 1.29 is 44.7 Å². The van der Waals surface area contributed by atoms with Crippen molar-refractivity contribution in [3.05, 3.63) is 57.2 Å². The summed E-state index contributed by atoms with van der Waals surface area (Å²) in [4.78, 5) is 18.7. The minimum absolute atomic E-state index is 0.237. The fourth-order valence-corrected chi connectivity index (χ4v) is 4.41. The van der Waals surface area contributed by atoms with Crippen molar-refractivity contribution in [3.63, 3.8) is 0 Å². The van der Waals surface area contributed by atoms with Crippen LogP contribution in [-0.4, -0.2) is 37.9 Å². The monoisotopic (exact) mass is 588 g/mol. The Kier molecular flexibility index (Phi) is 6.51. The predicted molar refractivity (Wildman–Crippen MR) is 113 cm³/mol. The third-order valence-corrected chi connectivity index (χ3v) is 6.15. The molecule has 0 spiro atoms. The molecule has 202 valence electrons. The van der Waals surface area contributed by atoms with E-state index in [1.54, 1.807) is 0 Å². The molecule has 0 aliphatic heterocycles. The summed E-state index contributed by atoms with van der Waals surface area (Å²) in [5, 5.41) is 13.2. The van der Waals surface area contributed by atoms with Crippen LogP contribution >= 0.6 is 23.2 Å². The first kappa shape index (κ1) is 27.5. The van der Waals surface area contributed by atoms with Crippen molar-refractivity contribution in [2.45, 2.75) is 36.7 Å². The van der Waals surface area contributed by atoms with E-state index in [1.165, 1.54) is 18.6 Å². The van der Waals surface area contributed by atoms with Crippen LogP contribution in [0.3, 0.4) is 0 Å².